The third-order valence-electron chi connectivity index (χ3n) is 6.47. The van der Waals surface area contributed by atoms with E-state index in [1.54, 1.807) is 18.2 Å². The fourth-order valence-corrected chi connectivity index (χ4v) is 5.00. The maximum absolute atomic E-state index is 13.6. The van der Waals surface area contributed by atoms with Crippen molar-refractivity contribution < 1.29 is 19.4 Å². The first kappa shape index (κ1) is 23.6. The Morgan fingerprint density at radius 2 is 1.47 bits per heavy atom. The van der Waals surface area contributed by atoms with Crippen LogP contribution in [0.4, 0.5) is 0 Å². The van der Waals surface area contributed by atoms with Crippen LogP contribution in [0.15, 0.2) is 103 Å². The summed E-state index contributed by atoms with van der Waals surface area (Å²) in [7, 11) is 0. The van der Waals surface area contributed by atoms with E-state index in [1.807, 2.05) is 84.9 Å². The molecule has 1 fully saturated rings. The van der Waals surface area contributed by atoms with Gasteiger partial charge >= 0.3 is 5.97 Å². The number of amides is 1. The number of benzene rings is 4. The molecule has 4 aromatic carbocycles. The molecule has 6 heteroatoms. The number of para-hydroxylation sites is 2. The van der Waals surface area contributed by atoms with Gasteiger partial charge in [-0.1, -0.05) is 78.3 Å². The minimum Gasteiger partial charge on any atom is -0.480 e. The highest BCUT2D eigenvalue weighted by Gasteiger charge is 2.42. The van der Waals surface area contributed by atoms with Gasteiger partial charge in [-0.3, -0.25) is 4.79 Å². The van der Waals surface area contributed by atoms with Crippen molar-refractivity contribution in [2.24, 2.45) is 0 Å². The predicted molar refractivity (Wildman–Crippen MR) is 139 cm³/mol. The topological polar surface area (TPSA) is 66.8 Å². The molecule has 0 radical (unpaired) electrons. The fraction of sp³-hybridized carbons (Fsp3) is 0.133. The quantitative estimate of drug-likeness (QED) is 0.305. The second-order valence-electron chi connectivity index (χ2n) is 8.67. The molecule has 1 aliphatic rings. The Hall–Kier alpha value is -4.09. The van der Waals surface area contributed by atoms with E-state index in [9.17, 15) is 14.7 Å². The van der Waals surface area contributed by atoms with Gasteiger partial charge in [0.2, 0.25) is 0 Å². The van der Waals surface area contributed by atoms with Crippen LogP contribution in [0.2, 0.25) is 5.02 Å². The van der Waals surface area contributed by atoms with Crippen LogP contribution >= 0.6 is 11.6 Å². The number of carboxylic acids is 1. The van der Waals surface area contributed by atoms with E-state index in [2.05, 4.69) is 0 Å². The van der Waals surface area contributed by atoms with E-state index in [1.165, 1.54) is 4.90 Å². The molecule has 0 saturated carbocycles. The summed E-state index contributed by atoms with van der Waals surface area (Å²) in [5.41, 5.74) is 2.96. The standard InChI is InChI=1S/C30H24ClNO4/c31-25-12-6-4-11-24(25)26-18-19-27(30(34)35)32(26)29(33)21-16-14-20(15-17-21)23-10-5-7-13-28(23)36-22-8-2-1-3-9-22/h1-17,26-27H,18-19H2,(H,34,35)/t26?,27-/m0/s1. The van der Waals surface area contributed by atoms with E-state index in [0.29, 0.717) is 29.2 Å². The van der Waals surface area contributed by atoms with Crippen molar-refractivity contribution in [2.45, 2.75) is 24.9 Å². The molecular formula is C30H24ClNO4. The van der Waals surface area contributed by atoms with Crippen molar-refractivity contribution in [1.29, 1.82) is 0 Å². The zero-order chi connectivity index (χ0) is 25.1. The molecule has 1 aliphatic heterocycles. The van der Waals surface area contributed by atoms with Gasteiger partial charge < -0.3 is 14.7 Å². The van der Waals surface area contributed by atoms with E-state index in [-0.39, 0.29) is 5.91 Å². The van der Waals surface area contributed by atoms with Gasteiger partial charge in [0.05, 0.1) is 6.04 Å². The summed E-state index contributed by atoms with van der Waals surface area (Å²) in [6.07, 6.45) is 0.911. The fourth-order valence-electron chi connectivity index (χ4n) is 4.74. The number of carboxylic acid groups (broad SMARTS) is 1. The number of hydrogen-bond acceptors (Lipinski definition) is 3. The molecule has 1 heterocycles. The van der Waals surface area contributed by atoms with Crippen molar-refractivity contribution in [3.8, 4) is 22.6 Å². The summed E-state index contributed by atoms with van der Waals surface area (Å²) in [4.78, 5) is 27.1. The number of halogens is 1. The number of aliphatic carboxylic acids is 1. The number of hydrogen-bond donors (Lipinski definition) is 1. The van der Waals surface area contributed by atoms with Gasteiger partial charge in [-0.05, 0) is 60.4 Å². The summed E-state index contributed by atoms with van der Waals surface area (Å²) >= 11 is 6.41. The molecule has 0 bridgehead atoms. The van der Waals surface area contributed by atoms with Crippen molar-refractivity contribution in [1.82, 2.24) is 4.90 Å². The average Bonchev–Trinajstić information content (AvgIpc) is 3.35. The Morgan fingerprint density at radius 3 is 2.19 bits per heavy atom. The zero-order valence-electron chi connectivity index (χ0n) is 19.4. The second kappa shape index (κ2) is 10.3. The summed E-state index contributed by atoms with van der Waals surface area (Å²) in [5.74, 6) is 0.0925. The normalized spacial score (nSPS) is 17.1. The number of rotatable bonds is 6. The highest BCUT2D eigenvalue weighted by atomic mass is 35.5. The van der Waals surface area contributed by atoms with E-state index in [0.717, 1.165) is 22.4 Å². The third kappa shape index (κ3) is 4.70. The molecule has 5 nitrogen and oxygen atoms in total. The lowest BCUT2D eigenvalue weighted by molar-refractivity contribution is -0.141. The number of carbonyl (C=O) groups excluding carboxylic acids is 1. The van der Waals surface area contributed by atoms with Crippen molar-refractivity contribution >= 4 is 23.5 Å². The van der Waals surface area contributed by atoms with Crippen molar-refractivity contribution in [3.05, 3.63) is 119 Å². The van der Waals surface area contributed by atoms with E-state index >= 15 is 0 Å². The molecule has 1 N–H and O–H groups in total. The molecular weight excluding hydrogens is 474 g/mol. The Kier molecular flexibility index (Phi) is 6.74. The number of likely N-dealkylation sites (tertiary alicyclic amines) is 1. The largest absolute Gasteiger partial charge is 0.480 e. The van der Waals surface area contributed by atoms with Crippen LogP contribution in [0.25, 0.3) is 11.1 Å². The molecule has 180 valence electrons. The SMILES string of the molecule is O=C(O)[C@@H]1CCC(c2ccccc2Cl)N1C(=O)c1ccc(-c2ccccc2Oc2ccccc2)cc1. The van der Waals surface area contributed by atoms with Gasteiger partial charge in [-0.25, -0.2) is 4.79 Å². The maximum atomic E-state index is 13.6. The monoisotopic (exact) mass is 497 g/mol. The Morgan fingerprint density at radius 1 is 0.806 bits per heavy atom. The van der Waals surface area contributed by atoms with Gasteiger partial charge in [0, 0.05) is 16.1 Å². The highest BCUT2D eigenvalue weighted by Crippen LogP contribution is 2.40. The minimum absolute atomic E-state index is 0.329. The molecule has 1 amide bonds. The molecule has 1 unspecified atom stereocenters. The van der Waals surface area contributed by atoms with Crippen LogP contribution < -0.4 is 4.74 Å². The first-order valence-corrected chi connectivity index (χ1v) is 12.1. The van der Waals surface area contributed by atoms with E-state index < -0.39 is 18.1 Å². The third-order valence-corrected chi connectivity index (χ3v) is 6.81. The molecule has 4 aromatic rings. The van der Waals surface area contributed by atoms with Gasteiger partial charge in [-0.15, -0.1) is 0 Å². The Bertz CT molecular complexity index is 1390. The summed E-state index contributed by atoms with van der Waals surface area (Å²) in [5, 5.41) is 10.3. The summed E-state index contributed by atoms with van der Waals surface area (Å²) in [6, 6.07) is 30.4. The Balaban J connectivity index is 1.44. The smallest absolute Gasteiger partial charge is 0.326 e. The van der Waals surface area contributed by atoms with Crippen LogP contribution in [-0.4, -0.2) is 27.9 Å². The molecule has 36 heavy (non-hydrogen) atoms. The lowest BCUT2D eigenvalue weighted by atomic mass is 10.0. The number of nitrogens with zero attached hydrogens (tertiary/aromatic N) is 1. The predicted octanol–water partition coefficient (Wildman–Crippen LogP) is 7.23. The summed E-state index contributed by atoms with van der Waals surface area (Å²) in [6.45, 7) is 0. The molecule has 2 atom stereocenters. The van der Waals surface area contributed by atoms with Gasteiger partial charge in [0.25, 0.3) is 5.91 Å². The Labute approximate surface area is 214 Å². The lowest BCUT2D eigenvalue weighted by Crippen LogP contribution is -2.41. The molecule has 1 saturated heterocycles. The average molecular weight is 498 g/mol. The number of ether oxygens (including phenoxy) is 1. The zero-order valence-corrected chi connectivity index (χ0v) is 20.1. The molecule has 0 aromatic heterocycles. The van der Waals surface area contributed by atoms with Crippen LogP contribution in [0, 0.1) is 0 Å². The van der Waals surface area contributed by atoms with Crippen LogP contribution in [0.5, 0.6) is 11.5 Å². The lowest BCUT2D eigenvalue weighted by Gasteiger charge is -2.29. The number of carbonyl (C=O) groups is 2. The highest BCUT2D eigenvalue weighted by molar-refractivity contribution is 6.31. The molecule has 5 rings (SSSR count). The summed E-state index contributed by atoms with van der Waals surface area (Å²) < 4.78 is 6.08. The van der Waals surface area contributed by atoms with Crippen molar-refractivity contribution in [3.63, 3.8) is 0 Å². The molecule has 0 aliphatic carbocycles. The van der Waals surface area contributed by atoms with Gasteiger partial charge in [-0.2, -0.15) is 0 Å². The van der Waals surface area contributed by atoms with Crippen LogP contribution in [-0.2, 0) is 4.79 Å². The second-order valence-corrected chi connectivity index (χ2v) is 9.08. The first-order chi connectivity index (χ1) is 17.5. The van der Waals surface area contributed by atoms with Gasteiger partial charge in [0.1, 0.15) is 17.5 Å². The molecule has 0 spiro atoms. The van der Waals surface area contributed by atoms with E-state index in [4.69, 9.17) is 16.3 Å². The van der Waals surface area contributed by atoms with Crippen molar-refractivity contribution in [2.75, 3.05) is 0 Å². The maximum Gasteiger partial charge on any atom is 0.326 e. The van der Waals surface area contributed by atoms with Crippen LogP contribution in [0.1, 0.15) is 34.8 Å². The van der Waals surface area contributed by atoms with Crippen LogP contribution in [0.3, 0.4) is 0 Å². The van der Waals surface area contributed by atoms with Gasteiger partial charge in [0.15, 0.2) is 0 Å². The first-order valence-electron chi connectivity index (χ1n) is 11.7. The minimum atomic E-state index is -1.01.